The molecule has 5 nitrogen and oxygen atoms in total. The highest BCUT2D eigenvalue weighted by Crippen LogP contribution is 2.21. The molecular formula is C16H23ClN4O. The Hall–Kier alpha value is -1.40. The molecule has 1 aliphatic rings. The van der Waals surface area contributed by atoms with E-state index in [-0.39, 0.29) is 18.5 Å². The van der Waals surface area contributed by atoms with Crippen molar-refractivity contribution in [2.45, 2.75) is 12.6 Å². The topological polar surface area (TPSA) is 62.1 Å². The van der Waals surface area contributed by atoms with E-state index in [0.29, 0.717) is 12.5 Å². The zero-order valence-corrected chi connectivity index (χ0v) is 13.5. The van der Waals surface area contributed by atoms with Gasteiger partial charge in [0.1, 0.15) is 0 Å². The molecule has 6 heteroatoms. The summed E-state index contributed by atoms with van der Waals surface area (Å²) in [5.74, 6) is 0.293. The molecule has 2 aromatic rings. The fourth-order valence-corrected chi connectivity index (χ4v) is 2.83. The minimum absolute atomic E-state index is 0. The zero-order chi connectivity index (χ0) is 14.7. The molecule has 1 aliphatic heterocycles. The Balaban J connectivity index is 0.00000176. The Kier molecular flexibility index (Phi) is 5.97. The van der Waals surface area contributed by atoms with Crippen molar-refractivity contribution in [1.29, 1.82) is 0 Å². The maximum Gasteiger partial charge on any atom is 0.0967 e. The molecule has 0 amide bonds. The van der Waals surface area contributed by atoms with Crippen molar-refractivity contribution >= 4 is 12.4 Å². The lowest BCUT2D eigenvalue weighted by atomic mass is 10.1. The molecule has 1 aromatic heterocycles. The largest absolute Gasteiger partial charge is 0.391 e. The van der Waals surface area contributed by atoms with E-state index < -0.39 is 0 Å². The van der Waals surface area contributed by atoms with Crippen molar-refractivity contribution in [3.63, 3.8) is 0 Å². The van der Waals surface area contributed by atoms with Gasteiger partial charge in [-0.2, -0.15) is 5.10 Å². The number of aliphatic hydroxyl groups is 1. The van der Waals surface area contributed by atoms with Crippen LogP contribution >= 0.6 is 12.4 Å². The van der Waals surface area contributed by atoms with Gasteiger partial charge in [0, 0.05) is 56.5 Å². The van der Waals surface area contributed by atoms with E-state index in [2.05, 4.69) is 34.1 Å². The van der Waals surface area contributed by atoms with Gasteiger partial charge in [-0.05, 0) is 0 Å². The van der Waals surface area contributed by atoms with Gasteiger partial charge >= 0.3 is 0 Å². The van der Waals surface area contributed by atoms with Gasteiger partial charge in [-0.15, -0.1) is 12.4 Å². The van der Waals surface area contributed by atoms with Gasteiger partial charge in [0.15, 0.2) is 0 Å². The molecule has 2 unspecified atom stereocenters. The van der Waals surface area contributed by atoms with Gasteiger partial charge in [0.05, 0.1) is 11.8 Å². The Morgan fingerprint density at radius 2 is 2.09 bits per heavy atom. The Labute approximate surface area is 137 Å². The zero-order valence-electron chi connectivity index (χ0n) is 12.7. The van der Waals surface area contributed by atoms with Crippen LogP contribution in [0.25, 0.3) is 11.3 Å². The summed E-state index contributed by atoms with van der Waals surface area (Å²) in [6.45, 7) is 3.17. The van der Waals surface area contributed by atoms with E-state index in [4.69, 9.17) is 0 Å². The minimum atomic E-state index is -0.236. The predicted octanol–water partition coefficient (Wildman–Crippen LogP) is 1.18. The number of β-amino-alcohol motifs (C(OH)–C–C–N with tert-alkyl or cyclic N) is 1. The molecular weight excluding hydrogens is 300 g/mol. The van der Waals surface area contributed by atoms with Crippen LogP contribution in [0, 0.1) is 5.92 Å². The highest BCUT2D eigenvalue weighted by atomic mass is 35.5. The standard InChI is InChI=1S/C16H22N4O.ClH/c1-20-11-14(9-17-7-13-8-18-10-15(13)21)16(19-20)12-5-3-2-4-6-12;/h2-6,11,13,15,17-18,21H,7-10H2,1H3;1H. The number of halogens is 1. The molecule has 0 aliphatic carbocycles. The molecule has 2 heterocycles. The summed E-state index contributed by atoms with van der Waals surface area (Å²) in [4.78, 5) is 0. The van der Waals surface area contributed by atoms with E-state index in [0.717, 1.165) is 30.9 Å². The van der Waals surface area contributed by atoms with Crippen LogP contribution in [0.4, 0.5) is 0 Å². The van der Waals surface area contributed by atoms with Crippen molar-refractivity contribution in [1.82, 2.24) is 20.4 Å². The highest BCUT2D eigenvalue weighted by Gasteiger charge is 2.24. The van der Waals surface area contributed by atoms with E-state index in [9.17, 15) is 5.11 Å². The van der Waals surface area contributed by atoms with Crippen molar-refractivity contribution < 1.29 is 5.11 Å². The molecule has 22 heavy (non-hydrogen) atoms. The second-order valence-corrected chi connectivity index (χ2v) is 5.66. The van der Waals surface area contributed by atoms with E-state index in [1.54, 1.807) is 0 Å². The fourth-order valence-electron chi connectivity index (χ4n) is 2.83. The van der Waals surface area contributed by atoms with Gasteiger partial charge < -0.3 is 15.7 Å². The Morgan fingerprint density at radius 1 is 1.32 bits per heavy atom. The highest BCUT2D eigenvalue weighted by molar-refractivity contribution is 5.85. The molecule has 1 saturated heterocycles. The molecule has 1 aromatic carbocycles. The number of aromatic nitrogens is 2. The van der Waals surface area contributed by atoms with Crippen molar-refractivity contribution in [3.05, 3.63) is 42.1 Å². The predicted molar refractivity (Wildman–Crippen MR) is 90.0 cm³/mol. The third-order valence-electron chi connectivity index (χ3n) is 3.98. The van der Waals surface area contributed by atoms with Crippen LogP contribution < -0.4 is 10.6 Å². The number of nitrogens with zero attached hydrogens (tertiary/aromatic N) is 2. The number of aryl methyl sites for hydroxylation is 1. The summed E-state index contributed by atoms with van der Waals surface area (Å²) in [6, 6.07) is 10.2. The molecule has 0 spiro atoms. The lowest BCUT2D eigenvalue weighted by molar-refractivity contribution is 0.146. The molecule has 2 atom stereocenters. The number of nitrogens with one attached hydrogen (secondary N) is 2. The SMILES string of the molecule is Cl.Cn1cc(CNCC2CNCC2O)c(-c2ccccc2)n1. The number of hydrogen-bond acceptors (Lipinski definition) is 4. The van der Waals surface area contributed by atoms with Crippen molar-refractivity contribution in [2.24, 2.45) is 13.0 Å². The smallest absolute Gasteiger partial charge is 0.0967 e. The number of rotatable bonds is 5. The summed E-state index contributed by atoms with van der Waals surface area (Å²) < 4.78 is 1.85. The molecule has 0 bridgehead atoms. The first-order chi connectivity index (χ1) is 10.2. The van der Waals surface area contributed by atoms with Crippen LogP contribution in [0.2, 0.25) is 0 Å². The van der Waals surface area contributed by atoms with E-state index in [1.807, 2.05) is 29.9 Å². The Bertz CT molecular complexity index is 587. The fraction of sp³-hybridized carbons (Fsp3) is 0.438. The minimum Gasteiger partial charge on any atom is -0.391 e. The van der Waals surface area contributed by atoms with E-state index >= 15 is 0 Å². The third-order valence-corrected chi connectivity index (χ3v) is 3.98. The summed E-state index contributed by atoms with van der Waals surface area (Å²) in [7, 11) is 1.95. The third kappa shape index (κ3) is 3.87. The van der Waals surface area contributed by atoms with Gasteiger partial charge in [-0.1, -0.05) is 30.3 Å². The van der Waals surface area contributed by atoms with Crippen molar-refractivity contribution in [3.8, 4) is 11.3 Å². The number of benzene rings is 1. The monoisotopic (exact) mass is 322 g/mol. The normalized spacial score (nSPS) is 20.8. The second kappa shape index (κ2) is 7.74. The quantitative estimate of drug-likeness (QED) is 0.773. The molecule has 3 N–H and O–H groups in total. The average Bonchev–Trinajstić information content (AvgIpc) is 3.06. The van der Waals surface area contributed by atoms with Gasteiger partial charge in [0.2, 0.25) is 0 Å². The molecule has 3 rings (SSSR count). The summed E-state index contributed by atoms with van der Waals surface area (Å²) in [5, 5.41) is 21.0. The van der Waals surface area contributed by atoms with Gasteiger partial charge in [-0.3, -0.25) is 4.68 Å². The van der Waals surface area contributed by atoms with Crippen molar-refractivity contribution in [2.75, 3.05) is 19.6 Å². The summed E-state index contributed by atoms with van der Waals surface area (Å²) in [6.07, 6.45) is 1.82. The molecule has 0 saturated carbocycles. The van der Waals surface area contributed by atoms with Gasteiger partial charge in [-0.25, -0.2) is 0 Å². The average molecular weight is 323 g/mol. The number of aliphatic hydroxyl groups excluding tert-OH is 1. The van der Waals surface area contributed by atoms with Crippen LogP contribution in [-0.4, -0.2) is 40.6 Å². The lowest BCUT2D eigenvalue weighted by Crippen LogP contribution is -2.30. The van der Waals surface area contributed by atoms with Gasteiger partial charge in [0.25, 0.3) is 0 Å². The van der Waals surface area contributed by atoms with Crippen LogP contribution in [0.3, 0.4) is 0 Å². The van der Waals surface area contributed by atoms with Crippen LogP contribution in [-0.2, 0) is 13.6 Å². The van der Waals surface area contributed by atoms with E-state index in [1.165, 1.54) is 5.56 Å². The number of hydrogen-bond donors (Lipinski definition) is 3. The molecule has 0 radical (unpaired) electrons. The molecule has 120 valence electrons. The van der Waals surface area contributed by atoms with Crippen LogP contribution in [0.15, 0.2) is 36.5 Å². The molecule has 1 fully saturated rings. The first-order valence-electron chi connectivity index (χ1n) is 7.41. The second-order valence-electron chi connectivity index (χ2n) is 5.66. The first kappa shape index (κ1) is 17.0. The first-order valence-corrected chi connectivity index (χ1v) is 7.41. The van der Waals surface area contributed by atoms with Crippen LogP contribution in [0.5, 0.6) is 0 Å². The maximum absolute atomic E-state index is 9.80. The van der Waals surface area contributed by atoms with Crippen LogP contribution in [0.1, 0.15) is 5.56 Å². The summed E-state index contributed by atoms with van der Waals surface area (Å²) in [5.41, 5.74) is 3.34. The maximum atomic E-state index is 9.80. The Morgan fingerprint density at radius 3 is 2.77 bits per heavy atom. The summed E-state index contributed by atoms with van der Waals surface area (Å²) >= 11 is 0. The lowest BCUT2D eigenvalue weighted by Gasteiger charge is -2.14.